The van der Waals surface area contributed by atoms with Gasteiger partial charge in [-0.15, -0.1) is 11.6 Å². The van der Waals surface area contributed by atoms with E-state index in [1.165, 1.54) is 6.42 Å². The molecule has 0 aromatic heterocycles. The maximum Gasteiger partial charge on any atom is 0.0601 e. The predicted molar refractivity (Wildman–Crippen MR) is 58.5 cm³/mol. The SMILES string of the molecule is CC(C)CCNCCCOCCCl. The Bertz CT molecular complexity index is 98.9. The highest BCUT2D eigenvalue weighted by Gasteiger charge is 1.93. The van der Waals surface area contributed by atoms with Gasteiger partial charge in [-0.2, -0.15) is 0 Å². The zero-order valence-electron chi connectivity index (χ0n) is 8.81. The van der Waals surface area contributed by atoms with Gasteiger partial charge in [-0.1, -0.05) is 13.8 Å². The average Bonchev–Trinajstić information content (AvgIpc) is 2.09. The Balaban J connectivity index is 2.84. The molecule has 0 saturated carbocycles. The Hall–Kier alpha value is 0.210. The van der Waals surface area contributed by atoms with E-state index in [4.69, 9.17) is 16.3 Å². The molecule has 0 aliphatic carbocycles. The van der Waals surface area contributed by atoms with Gasteiger partial charge in [-0.3, -0.25) is 0 Å². The molecule has 3 heteroatoms. The second-order valence-electron chi connectivity index (χ2n) is 3.59. The van der Waals surface area contributed by atoms with Crippen LogP contribution < -0.4 is 5.32 Å². The van der Waals surface area contributed by atoms with Crippen molar-refractivity contribution in [2.24, 2.45) is 5.92 Å². The molecule has 0 saturated heterocycles. The van der Waals surface area contributed by atoms with Gasteiger partial charge in [0, 0.05) is 12.5 Å². The first-order chi connectivity index (χ1) is 6.27. The molecule has 0 aliphatic rings. The molecule has 0 bridgehead atoms. The Kier molecular flexibility index (Phi) is 10.5. The number of nitrogens with one attached hydrogen (secondary N) is 1. The molecule has 0 rings (SSSR count). The normalized spacial score (nSPS) is 11.1. The maximum absolute atomic E-state index is 5.46. The van der Waals surface area contributed by atoms with Gasteiger partial charge in [0.2, 0.25) is 0 Å². The standard InChI is InChI=1S/C10H22ClNO/c1-10(2)4-7-12-6-3-8-13-9-5-11/h10,12H,3-9H2,1-2H3. The van der Waals surface area contributed by atoms with E-state index in [-0.39, 0.29) is 0 Å². The van der Waals surface area contributed by atoms with Crippen molar-refractivity contribution in [2.45, 2.75) is 26.7 Å². The van der Waals surface area contributed by atoms with Gasteiger partial charge in [0.25, 0.3) is 0 Å². The van der Waals surface area contributed by atoms with Gasteiger partial charge in [0.05, 0.1) is 6.61 Å². The number of hydrogen-bond donors (Lipinski definition) is 1. The molecule has 0 aromatic carbocycles. The molecular weight excluding hydrogens is 186 g/mol. The first kappa shape index (κ1) is 13.2. The van der Waals surface area contributed by atoms with E-state index >= 15 is 0 Å². The van der Waals surface area contributed by atoms with Gasteiger partial charge in [0.15, 0.2) is 0 Å². The summed E-state index contributed by atoms with van der Waals surface area (Å²) in [7, 11) is 0. The van der Waals surface area contributed by atoms with Crippen LogP contribution in [0.15, 0.2) is 0 Å². The summed E-state index contributed by atoms with van der Waals surface area (Å²) in [5.74, 6) is 1.39. The van der Waals surface area contributed by atoms with Gasteiger partial charge in [-0.25, -0.2) is 0 Å². The lowest BCUT2D eigenvalue weighted by Crippen LogP contribution is -2.19. The third-order valence-corrected chi connectivity index (χ3v) is 1.92. The number of alkyl halides is 1. The van der Waals surface area contributed by atoms with Crippen molar-refractivity contribution >= 4 is 11.6 Å². The molecule has 13 heavy (non-hydrogen) atoms. The summed E-state index contributed by atoms with van der Waals surface area (Å²) in [6.07, 6.45) is 2.33. The van der Waals surface area contributed by atoms with E-state index in [1.54, 1.807) is 0 Å². The molecule has 0 unspecified atom stereocenters. The van der Waals surface area contributed by atoms with Crippen molar-refractivity contribution in [1.82, 2.24) is 5.32 Å². The number of hydrogen-bond acceptors (Lipinski definition) is 2. The number of rotatable bonds is 9. The molecule has 0 spiro atoms. The zero-order valence-corrected chi connectivity index (χ0v) is 9.57. The number of ether oxygens (including phenoxy) is 1. The molecule has 0 aromatic rings. The van der Waals surface area contributed by atoms with Crippen LogP contribution in [0.3, 0.4) is 0 Å². The van der Waals surface area contributed by atoms with Crippen LogP contribution in [0, 0.1) is 5.92 Å². The molecule has 0 radical (unpaired) electrons. The summed E-state index contributed by atoms with van der Waals surface area (Å²) >= 11 is 5.46. The van der Waals surface area contributed by atoms with Crippen molar-refractivity contribution in [3.63, 3.8) is 0 Å². The highest BCUT2D eigenvalue weighted by atomic mass is 35.5. The van der Waals surface area contributed by atoms with Gasteiger partial charge < -0.3 is 10.1 Å². The summed E-state index contributed by atoms with van der Waals surface area (Å²) in [4.78, 5) is 0. The first-order valence-corrected chi connectivity index (χ1v) is 5.65. The summed E-state index contributed by atoms with van der Waals surface area (Å²) in [6.45, 7) is 8.15. The van der Waals surface area contributed by atoms with E-state index in [0.29, 0.717) is 12.5 Å². The summed E-state index contributed by atoms with van der Waals surface area (Å²) in [5.41, 5.74) is 0. The molecule has 0 atom stereocenters. The molecular formula is C10H22ClNO. The average molecular weight is 208 g/mol. The van der Waals surface area contributed by atoms with Crippen molar-refractivity contribution < 1.29 is 4.74 Å². The fourth-order valence-corrected chi connectivity index (χ4v) is 1.08. The second kappa shape index (κ2) is 10.3. The van der Waals surface area contributed by atoms with E-state index < -0.39 is 0 Å². The van der Waals surface area contributed by atoms with E-state index in [0.717, 1.165) is 32.0 Å². The zero-order chi connectivity index (χ0) is 9.94. The van der Waals surface area contributed by atoms with E-state index in [9.17, 15) is 0 Å². The third kappa shape index (κ3) is 12.2. The largest absolute Gasteiger partial charge is 0.380 e. The van der Waals surface area contributed by atoms with Crippen molar-refractivity contribution in [3.8, 4) is 0 Å². The van der Waals surface area contributed by atoms with Crippen LogP contribution >= 0.6 is 11.6 Å². The van der Waals surface area contributed by atoms with Gasteiger partial charge in [-0.05, 0) is 31.8 Å². The lowest BCUT2D eigenvalue weighted by molar-refractivity contribution is 0.146. The molecule has 0 amide bonds. The monoisotopic (exact) mass is 207 g/mol. The quantitative estimate of drug-likeness (QED) is 0.463. The molecule has 2 nitrogen and oxygen atoms in total. The molecule has 0 aliphatic heterocycles. The van der Waals surface area contributed by atoms with Crippen molar-refractivity contribution in [2.75, 3.05) is 32.2 Å². The highest BCUT2D eigenvalue weighted by Crippen LogP contribution is 1.96. The first-order valence-electron chi connectivity index (χ1n) is 5.11. The topological polar surface area (TPSA) is 21.3 Å². The summed E-state index contributed by atoms with van der Waals surface area (Å²) in [6, 6.07) is 0. The third-order valence-electron chi connectivity index (χ3n) is 1.76. The minimum atomic E-state index is 0.598. The Morgan fingerprint density at radius 2 is 2.00 bits per heavy atom. The fourth-order valence-electron chi connectivity index (χ4n) is 0.972. The lowest BCUT2D eigenvalue weighted by Gasteiger charge is -2.06. The van der Waals surface area contributed by atoms with Crippen LogP contribution in [0.5, 0.6) is 0 Å². The van der Waals surface area contributed by atoms with E-state index in [2.05, 4.69) is 19.2 Å². The number of halogens is 1. The molecule has 0 heterocycles. The summed E-state index contributed by atoms with van der Waals surface area (Å²) in [5, 5.41) is 3.38. The Morgan fingerprint density at radius 1 is 1.23 bits per heavy atom. The van der Waals surface area contributed by atoms with Gasteiger partial charge in [0.1, 0.15) is 0 Å². The lowest BCUT2D eigenvalue weighted by atomic mass is 10.1. The Morgan fingerprint density at radius 3 is 2.62 bits per heavy atom. The summed E-state index contributed by atoms with van der Waals surface area (Å²) < 4.78 is 5.24. The van der Waals surface area contributed by atoms with Crippen LogP contribution in [-0.2, 0) is 4.74 Å². The van der Waals surface area contributed by atoms with Crippen molar-refractivity contribution in [3.05, 3.63) is 0 Å². The Labute approximate surface area is 87.0 Å². The smallest absolute Gasteiger partial charge is 0.0601 e. The second-order valence-corrected chi connectivity index (χ2v) is 3.97. The van der Waals surface area contributed by atoms with Crippen LogP contribution in [0.2, 0.25) is 0 Å². The van der Waals surface area contributed by atoms with E-state index in [1.807, 2.05) is 0 Å². The fraction of sp³-hybridized carbons (Fsp3) is 1.00. The maximum atomic E-state index is 5.46. The van der Waals surface area contributed by atoms with Crippen molar-refractivity contribution in [1.29, 1.82) is 0 Å². The van der Waals surface area contributed by atoms with Crippen LogP contribution in [0.4, 0.5) is 0 Å². The van der Waals surface area contributed by atoms with Gasteiger partial charge >= 0.3 is 0 Å². The highest BCUT2D eigenvalue weighted by molar-refractivity contribution is 6.17. The minimum absolute atomic E-state index is 0.598. The molecule has 0 fully saturated rings. The molecule has 80 valence electrons. The minimum Gasteiger partial charge on any atom is -0.380 e. The predicted octanol–water partition coefficient (Wildman–Crippen LogP) is 2.27. The van der Waals surface area contributed by atoms with Crippen LogP contribution in [0.1, 0.15) is 26.7 Å². The molecule has 1 N–H and O–H groups in total. The van der Waals surface area contributed by atoms with Crippen LogP contribution in [0.25, 0.3) is 0 Å². The van der Waals surface area contributed by atoms with Crippen LogP contribution in [-0.4, -0.2) is 32.2 Å².